The molecule has 0 radical (unpaired) electrons. The van der Waals surface area contributed by atoms with Gasteiger partial charge in [-0.3, -0.25) is 4.79 Å². The van der Waals surface area contributed by atoms with Gasteiger partial charge in [-0.2, -0.15) is 0 Å². The number of allylic oxidation sites excluding steroid dienone is 5. The molecule has 16 heavy (non-hydrogen) atoms. The highest BCUT2D eigenvalue weighted by atomic mass is 16.5. The molecule has 0 spiro atoms. The summed E-state index contributed by atoms with van der Waals surface area (Å²) in [4.78, 5) is 22.1. The first-order valence-corrected chi connectivity index (χ1v) is 4.79. The molecular formula is C12H15O4-. The molecule has 0 aliphatic rings. The Kier molecular flexibility index (Phi) is 6.59. The van der Waals surface area contributed by atoms with Gasteiger partial charge < -0.3 is 14.6 Å². The average molecular weight is 223 g/mol. The maximum absolute atomic E-state index is 11.2. The number of carbonyl (C=O) groups excluding carboxylic acids is 2. The lowest BCUT2D eigenvalue weighted by molar-refractivity contribution is -0.311. The fraction of sp³-hybridized carbons (Fsp3) is 0.333. The van der Waals surface area contributed by atoms with Crippen LogP contribution in [0.1, 0.15) is 6.92 Å². The molecular weight excluding hydrogens is 208 g/mol. The molecule has 0 aromatic carbocycles. The number of aliphatic carboxylic acids is 1. The van der Waals surface area contributed by atoms with E-state index in [2.05, 4.69) is 11.3 Å². The monoisotopic (exact) mass is 223 g/mol. The van der Waals surface area contributed by atoms with Crippen LogP contribution >= 0.6 is 0 Å². The van der Waals surface area contributed by atoms with E-state index < -0.39 is 23.8 Å². The van der Waals surface area contributed by atoms with Crippen molar-refractivity contribution in [2.24, 2.45) is 11.8 Å². The SMILES string of the molecule is C=CC(/C=C/C=C/C)C(C(=O)[O-])C(=O)OC. The van der Waals surface area contributed by atoms with Crippen molar-refractivity contribution in [2.45, 2.75) is 6.92 Å². The standard InChI is InChI=1S/C12H16O4/c1-4-6-7-8-9(5-2)10(11(13)14)12(15)16-3/h4-10H,2H2,1,3H3,(H,13,14)/p-1/b6-4+,8-7+. The van der Waals surface area contributed by atoms with Gasteiger partial charge in [0.2, 0.25) is 0 Å². The van der Waals surface area contributed by atoms with Crippen LogP contribution < -0.4 is 5.11 Å². The fourth-order valence-electron chi connectivity index (χ4n) is 1.17. The lowest BCUT2D eigenvalue weighted by atomic mass is 9.92. The Morgan fingerprint density at radius 3 is 2.38 bits per heavy atom. The van der Waals surface area contributed by atoms with Gasteiger partial charge >= 0.3 is 5.97 Å². The fourth-order valence-corrected chi connectivity index (χ4v) is 1.17. The van der Waals surface area contributed by atoms with Crippen molar-refractivity contribution in [3.63, 3.8) is 0 Å². The highest BCUT2D eigenvalue weighted by Crippen LogP contribution is 2.16. The third-order valence-electron chi connectivity index (χ3n) is 2.00. The summed E-state index contributed by atoms with van der Waals surface area (Å²) >= 11 is 0. The van der Waals surface area contributed by atoms with Gasteiger partial charge in [-0.25, -0.2) is 0 Å². The van der Waals surface area contributed by atoms with E-state index in [1.807, 2.05) is 6.92 Å². The minimum atomic E-state index is -1.47. The smallest absolute Gasteiger partial charge is 0.315 e. The Hall–Kier alpha value is -1.84. The lowest BCUT2D eigenvalue weighted by Crippen LogP contribution is -2.40. The largest absolute Gasteiger partial charge is 0.549 e. The zero-order chi connectivity index (χ0) is 12.6. The highest BCUT2D eigenvalue weighted by molar-refractivity contribution is 5.93. The minimum absolute atomic E-state index is 0.645. The summed E-state index contributed by atoms with van der Waals surface area (Å²) in [6, 6.07) is 0. The van der Waals surface area contributed by atoms with E-state index in [0.29, 0.717) is 0 Å². The van der Waals surface area contributed by atoms with Crippen molar-refractivity contribution in [1.82, 2.24) is 0 Å². The van der Waals surface area contributed by atoms with Crippen LogP contribution in [0.4, 0.5) is 0 Å². The lowest BCUT2D eigenvalue weighted by Gasteiger charge is -2.20. The number of ether oxygens (including phenoxy) is 1. The molecule has 2 atom stereocenters. The van der Waals surface area contributed by atoms with E-state index in [-0.39, 0.29) is 0 Å². The summed E-state index contributed by atoms with van der Waals surface area (Å²) in [6.45, 7) is 5.31. The van der Waals surface area contributed by atoms with Crippen LogP contribution in [-0.4, -0.2) is 19.0 Å². The molecule has 4 nitrogen and oxygen atoms in total. The van der Waals surface area contributed by atoms with Gasteiger partial charge in [-0.1, -0.05) is 30.4 Å². The van der Waals surface area contributed by atoms with Crippen molar-refractivity contribution in [2.75, 3.05) is 7.11 Å². The van der Waals surface area contributed by atoms with Crippen molar-refractivity contribution in [3.8, 4) is 0 Å². The molecule has 0 aliphatic carbocycles. The zero-order valence-electron chi connectivity index (χ0n) is 9.38. The zero-order valence-corrected chi connectivity index (χ0v) is 9.38. The van der Waals surface area contributed by atoms with Gasteiger partial charge in [0.15, 0.2) is 0 Å². The second-order valence-corrected chi connectivity index (χ2v) is 3.04. The third-order valence-corrected chi connectivity index (χ3v) is 2.00. The van der Waals surface area contributed by atoms with Crippen LogP contribution in [0.2, 0.25) is 0 Å². The molecule has 88 valence electrons. The van der Waals surface area contributed by atoms with Crippen LogP contribution in [0.5, 0.6) is 0 Å². The Morgan fingerprint density at radius 2 is 2.00 bits per heavy atom. The van der Waals surface area contributed by atoms with Crippen LogP contribution in [0, 0.1) is 11.8 Å². The third kappa shape index (κ3) is 4.13. The number of methoxy groups -OCH3 is 1. The molecule has 2 unspecified atom stereocenters. The van der Waals surface area contributed by atoms with E-state index >= 15 is 0 Å². The Labute approximate surface area is 94.9 Å². The van der Waals surface area contributed by atoms with Crippen LogP contribution in [0.3, 0.4) is 0 Å². The molecule has 0 N–H and O–H groups in total. The number of carboxylic acids is 1. The van der Waals surface area contributed by atoms with Gasteiger partial charge in [0.05, 0.1) is 13.1 Å². The van der Waals surface area contributed by atoms with Crippen molar-refractivity contribution in [3.05, 3.63) is 37.0 Å². The van der Waals surface area contributed by atoms with Crippen molar-refractivity contribution in [1.29, 1.82) is 0 Å². The van der Waals surface area contributed by atoms with Gasteiger partial charge in [0.1, 0.15) is 5.92 Å². The number of carbonyl (C=O) groups is 2. The molecule has 0 aromatic rings. The second-order valence-electron chi connectivity index (χ2n) is 3.04. The summed E-state index contributed by atoms with van der Waals surface area (Å²) in [5.41, 5.74) is 0. The average Bonchev–Trinajstić information content (AvgIpc) is 2.26. The molecule has 0 heterocycles. The van der Waals surface area contributed by atoms with E-state index in [1.165, 1.54) is 6.08 Å². The highest BCUT2D eigenvalue weighted by Gasteiger charge is 2.26. The van der Waals surface area contributed by atoms with Gasteiger partial charge in [0, 0.05) is 5.92 Å². The van der Waals surface area contributed by atoms with E-state index in [1.54, 1.807) is 24.3 Å². The van der Waals surface area contributed by atoms with Crippen LogP contribution in [0.25, 0.3) is 0 Å². The Bertz CT molecular complexity index is 315. The Morgan fingerprint density at radius 1 is 1.38 bits per heavy atom. The number of esters is 1. The van der Waals surface area contributed by atoms with E-state index in [9.17, 15) is 14.7 Å². The quantitative estimate of drug-likeness (QED) is 0.284. The molecule has 0 rings (SSSR count). The number of hydrogen-bond donors (Lipinski definition) is 0. The Balaban J connectivity index is 4.92. The first-order valence-electron chi connectivity index (χ1n) is 4.79. The molecule has 0 amide bonds. The molecule has 4 heteroatoms. The van der Waals surface area contributed by atoms with E-state index in [0.717, 1.165) is 7.11 Å². The molecule has 0 fully saturated rings. The van der Waals surface area contributed by atoms with Crippen molar-refractivity contribution < 1.29 is 19.4 Å². The number of carboxylic acid groups (broad SMARTS) is 1. The summed E-state index contributed by atoms with van der Waals surface area (Å²) in [6.07, 6.45) is 8.08. The van der Waals surface area contributed by atoms with Gasteiger partial charge in [0.25, 0.3) is 0 Å². The predicted octanol–water partition coefficient (Wildman–Crippen LogP) is 0.460. The number of hydrogen-bond acceptors (Lipinski definition) is 4. The topological polar surface area (TPSA) is 66.4 Å². The maximum Gasteiger partial charge on any atom is 0.315 e. The maximum atomic E-state index is 11.2. The van der Waals surface area contributed by atoms with Crippen LogP contribution in [0.15, 0.2) is 37.0 Å². The summed E-state index contributed by atoms with van der Waals surface area (Å²) in [7, 11) is 1.13. The molecule has 0 aliphatic heterocycles. The van der Waals surface area contributed by atoms with Gasteiger partial charge in [-0.15, -0.1) is 6.58 Å². The predicted molar refractivity (Wildman–Crippen MR) is 58.2 cm³/mol. The molecule has 0 saturated carbocycles. The first kappa shape index (κ1) is 14.2. The second kappa shape index (κ2) is 7.45. The molecule has 0 saturated heterocycles. The summed E-state index contributed by atoms with van der Waals surface area (Å²) < 4.78 is 4.40. The van der Waals surface area contributed by atoms with Crippen molar-refractivity contribution >= 4 is 11.9 Å². The minimum Gasteiger partial charge on any atom is -0.549 e. The van der Waals surface area contributed by atoms with Gasteiger partial charge in [-0.05, 0) is 6.92 Å². The van der Waals surface area contributed by atoms with Crippen LogP contribution in [-0.2, 0) is 14.3 Å². The first-order chi connectivity index (χ1) is 7.58. The normalized spacial score (nSPS) is 14.9. The molecule has 0 aromatic heterocycles. The van der Waals surface area contributed by atoms with E-state index in [4.69, 9.17) is 0 Å². The molecule has 0 bridgehead atoms. The summed E-state index contributed by atoms with van der Waals surface area (Å²) in [5.74, 6) is -4.31. The number of rotatable bonds is 6. The summed E-state index contributed by atoms with van der Waals surface area (Å²) in [5, 5.41) is 10.8.